The van der Waals surface area contributed by atoms with Gasteiger partial charge in [0.2, 0.25) is 11.8 Å². The molecule has 6 N–H and O–H groups in total. The van der Waals surface area contributed by atoms with Crippen LogP contribution in [0.4, 0.5) is 0 Å². The van der Waals surface area contributed by atoms with Gasteiger partial charge in [-0.1, -0.05) is 0 Å². The molecule has 0 fully saturated rings. The minimum atomic E-state index is -1.22. The van der Waals surface area contributed by atoms with Gasteiger partial charge >= 0.3 is 11.9 Å². The molecule has 11 heteroatoms. The number of amides is 2. The first kappa shape index (κ1) is 22.0. The van der Waals surface area contributed by atoms with E-state index in [-0.39, 0.29) is 35.7 Å². The fourth-order valence-corrected chi connectivity index (χ4v) is 1.41. The van der Waals surface area contributed by atoms with Crippen LogP contribution in [0, 0.1) is 0 Å². The molecule has 21 heavy (non-hydrogen) atoms. The molecule has 0 unspecified atom stereocenters. The van der Waals surface area contributed by atoms with Crippen LogP contribution in [0.15, 0.2) is 0 Å². The van der Waals surface area contributed by atoms with Crippen molar-refractivity contribution in [3.63, 3.8) is 0 Å². The smallest absolute Gasteiger partial charge is 0.322 e. The van der Waals surface area contributed by atoms with E-state index in [2.05, 4.69) is 23.3 Å². The largest absolute Gasteiger partial charge is 0.480 e. The van der Waals surface area contributed by atoms with Crippen molar-refractivity contribution in [2.45, 2.75) is 24.9 Å². The fourth-order valence-electron chi connectivity index (χ4n) is 1.16. The fraction of sp³-hybridized carbons (Fsp3) is 0.600. The molecule has 125 valence electrons. The van der Waals surface area contributed by atoms with Crippen molar-refractivity contribution in [1.29, 1.82) is 0 Å². The number of nitrogens with one attached hydrogen (secondary N) is 2. The Morgan fingerprint density at radius 1 is 1.19 bits per heavy atom. The molecule has 2 amide bonds. The maximum absolute atomic E-state index is 11.5. The maximum Gasteiger partial charge on any atom is 0.322 e. The first-order chi connectivity index (χ1) is 9.27. The number of hydrogen-bond acceptors (Lipinski definition) is 6. The molecule has 0 aromatic carbocycles. The summed E-state index contributed by atoms with van der Waals surface area (Å²) in [6.45, 7) is -0.567. The van der Waals surface area contributed by atoms with Crippen LogP contribution < -0.4 is 16.4 Å². The third-order valence-corrected chi connectivity index (χ3v) is 2.61. The Bertz CT molecular complexity index is 395. The van der Waals surface area contributed by atoms with Crippen molar-refractivity contribution < 1.29 is 46.5 Å². The van der Waals surface area contributed by atoms with Crippen LogP contribution in [0.1, 0.15) is 12.8 Å². The van der Waals surface area contributed by atoms with Crippen LogP contribution >= 0.6 is 12.6 Å². The van der Waals surface area contributed by atoms with E-state index in [0.29, 0.717) is 0 Å². The molecule has 1 radical (unpaired) electrons. The monoisotopic (exact) mass is 370 g/mol. The number of carbonyl (C=O) groups is 4. The van der Waals surface area contributed by atoms with E-state index in [9.17, 15) is 19.2 Å². The van der Waals surface area contributed by atoms with Crippen LogP contribution in [0.25, 0.3) is 0 Å². The Labute approximate surface area is 136 Å². The molecule has 0 bridgehead atoms. The number of carbonyl (C=O) groups excluding carboxylic acids is 2. The van der Waals surface area contributed by atoms with Crippen LogP contribution in [0.3, 0.4) is 0 Å². The van der Waals surface area contributed by atoms with Gasteiger partial charge in [0.1, 0.15) is 18.6 Å². The molecular weight excluding hydrogens is 354 g/mol. The molecule has 0 spiro atoms. The van der Waals surface area contributed by atoms with Gasteiger partial charge in [-0.15, -0.1) is 0 Å². The van der Waals surface area contributed by atoms with Crippen molar-refractivity contribution in [3.8, 4) is 0 Å². The molecule has 2 atom stereocenters. The summed E-state index contributed by atoms with van der Waals surface area (Å²) in [5.74, 6) is -3.70. The van der Waals surface area contributed by atoms with Crippen molar-refractivity contribution in [1.82, 2.24) is 10.6 Å². The van der Waals surface area contributed by atoms with E-state index in [1.54, 1.807) is 0 Å². The number of carboxylic acids is 2. The number of thiol groups is 1. The Morgan fingerprint density at radius 3 is 2.19 bits per heavy atom. The Kier molecular flexibility index (Phi) is 11.9. The molecule has 0 heterocycles. The molecule has 0 saturated carbocycles. The van der Waals surface area contributed by atoms with Crippen molar-refractivity contribution in [2.75, 3.05) is 12.3 Å². The number of rotatable bonds is 9. The minimum absolute atomic E-state index is 0. The molecule has 0 aromatic heterocycles. The van der Waals surface area contributed by atoms with E-state index >= 15 is 0 Å². The first-order valence-electron chi connectivity index (χ1n) is 5.66. The summed E-state index contributed by atoms with van der Waals surface area (Å²) in [5.41, 5.74) is 5.23. The normalized spacial score (nSPS) is 12.5. The van der Waals surface area contributed by atoms with E-state index < -0.39 is 42.4 Å². The molecule has 9 nitrogen and oxygen atoms in total. The van der Waals surface area contributed by atoms with Crippen molar-refractivity contribution >= 4 is 36.4 Å². The molecule has 0 aliphatic rings. The van der Waals surface area contributed by atoms with Gasteiger partial charge < -0.3 is 26.6 Å². The molecular formula is C10H17CuN3O6S. The number of carboxylic acid groups (broad SMARTS) is 2. The zero-order valence-electron chi connectivity index (χ0n) is 10.8. The van der Waals surface area contributed by atoms with Crippen LogP contribution in [0.2, 0.25) is 0 Å². The summed E-state index contributed by atoms with van der Waals surface area (Å²) in [7, 11) is 0. The second kappa shape index (κ2) is 11.4. The van der Waals surface area contributed by atoms with Crippen molar-refractivity contribution in [3.05, 3.63) is 0 Å². The molecule has 0 saturated heterocycles. The summed E-state index contributed by atoms with van der Waals surface area (Å²) in [5, 5.41) is 21.4. The van der Waals surface area contributed by atoms with Crippen LogP contribution in [-0.4, -0.2) is 58.3 Å². The molecule has 0 aliphatic carbocycles. The molecule has 0 rings (SSSR count). The third kappa shape index (κ3) is 10.1. The van der Waals surface area contributed by atoms with Crippen molar-refractivity contribution in [2.24, 2.45) is 5.73 Å². The number of nitrogens with two attached hydrogens (primary N) is 1. The van der Waals surface area contributed by atoms with Gasteiger partial charge in [-0.3, -0.25) is 19.2 Å². The molecule has 0 aliphatic heterocycles. The van der Waals surface area contributed by atoms with Gasteiger partial charge in [-0.25, -0.2) is 0 Å². The zero-order valence-corrected chi connectivity index (χ0v) is 12.7. The standard InChI is InChI=1S/C10H17N3O6S.Cu/c11-5(10(18)19)1-2-7(14)13-6(4-20)9(17)12-3-8(15)16;/h5-6,20H,1-4,11H2,(H,12,17)(H,13,14)(H,15,16)(H,18,19);/t5-,6-;/m0./s1. The average Bonchev–Trinajstić information content (AvgIpc) is 2.38. The second-order valence-electron chi connectivity index (χ2n) is 3.90. The Hall–Kier alpha value is -1.29. The number of hydrogen-bond donors (Lipinski definition) is 6. The van der Waals surface area contributed by atoms with Gasteiger partial charge in [0.25, 0.3) is 0 Å². The van der Waals surface area contributed by atoms with E-state index in [0.717, 1.165) is 0 Å². The first-order valence-corrected chi connectivity index (χ1v) is 6.29. The molecule has 0 aromatic rings. The zero-order chi connectivity index (χ0) is 15.7. The van der Waals surface area contributed by atoms with Crippen LogP contribution in [0.5, 0.6) is 0 Å². The van der Waals surface area contributed by atoms with E-state index in [4.69, 9.17) is 15.9 Å². The second-order valence-corrected chi connectivity index (χ2v) is 4.26. The van der Waals surface area contributed by atoms with Gasteiger partial charge in [-0.2, -0.15) is 12.6 Å². The average molecular weight is 371 g/mol. The summed E-state index contributed by atoms with van der Waals surface area (Å²) >= 11 is 3.87. The summed E-state index contributed by atoms with van der Waals surface area (Å²) in [4.78, 5) is 43.7. The Morgan fingerprint density at radius 2 is 1.76 bits per heavy atom. The van der Waals surface area contributed by atoms with Gasteiger partial charge in [0.05, 0.1) is 0 Å². The minimum Gasteiger partial charge on any atom is -0.480 e. The predicted molar refractivity (Wildman–Crippen MR) is 71.3 cm³/mol. The van der Waals surface area contributed by atoms with E-state index in [1.165, 1.54) is 0 Å². The number of aliphatic carboxylic acids is 2. The van der Waals surface area contributed by atoms with Crippen LogP contribution in [-0.2, 0) is 36.2 Å². The summed E-state index contributed by atoms with van der Waals surface area (Å²) in [6, 6.07) is -2.15. The quantitative estimate of drug-likeness (QED) is 0.198. The van der Waals surface area contributed by atoms with E-state index in [1.807, 2.05) is 0 Å². The third-order valence-electron chi connectivity index (χ3n) is 2.25. The SMILES string of the molecule is N[C@@H](CCC(=O)N[C@@H](CS)C(=O)NCC(=O)O)C(=O)O.[Cu]. The predicted octanol–water partition coefficient (Wildman–Crippen LogP) is -2.21. The topological polar surface area (TPSA) is 159 Å². The summed E-state index contributed by atoms with van der Waals surface area (Å²) < 4.78 is 0. The van der Waals surface area contributed by atoms with Gasteiger partial charge in [-0.05, 0) is 6.42 Å². The maximum atomic E-state index is 11.5. The Balaban J connectivity index is 0. The van der Waals surface area contributed by atoms with Gasteiger partial charge in [0, 0.05) is 29.2 Å². The summed E-state index contributed by atoms with van der Waals surface area (Å²) in [6.07, 6.45) is -0.235. The van der Waals surface area contributed by atoms with Gasteiger partial charge in [0.15, 0.2) is 0 Å².